The summed E-state index contributed by atoms with van der Waals surface area (Å²) in [5.74, 6) is -1.70. The van der Waals surface area contributed by atoms with E-state index in [0.717, 1.165) is 0 Å². The van der Waals surface area contributed by atoms with Crippen LogP contribution in [0.15, 0.2) is 0 Å². The van der Waals surface area contributed by atoms with Crippen molar-refractivity contribution in [1.29, 1.82) is 0 Å². The van der Waals surface area contributed by atoms with E-state index in [1.54, 1.807) is 0 Å². The molecule has 1 unspecified atom stereocenters. The van der Waals surface area contributed by atoms with Crippen LogP contribution in [0.4, 0.5) is 4.79 Å². The SMILES string of the molecule is CC1NC(=O)N(CC(=O)O)C1=O. The van der Waals surface area contributed by atoms with E-state index in [1.807, 2.05) is 0 Å². The van der Waals surface area contributed by atoms with Crippen LogP contribution < -0.4 is 5.32 Å². The van der Waals surface area contributed by atoms with E-state index >= 15 is 0 Å². The largest absolute Gasteiger partial charge is 0.480 e. The van der Waals surface area contributed by atoms with E-state index < -0.39 is 30.5 Å². The summed E-state index contributed by atoms with van der Waals surface area (Å²) in [7, 11) is 0. The Bertz CT molecular complexity index is 250. The summed E-state index contributed by atoms with van der Waals surface area (Å²) in [6, 6.07) is -1.26. The fraction of sp³-hybridized carbons (Fsp3) is 0.500. The molecule has 1 saturated heterocycles. The molecule has 3 amide bonds. The molecule has 1 aliphatic rings. The van der Waals surface area contributed by atoms with Gasteiger partial charge in [-0.1, -0.05) is 0 Å². The van der Waals surface area contributed by atoms with Crippen molar-refractivity contribution in [2.24, 2.45) is 0 Å². The van der Waals surface area contributed by atoms with E-state index in [1.165, 1.54) is 6.92 Å². The lowest BCUT2D eigenvalue weighted by Gasteiger charge is -2.07. The molecule has 1 aliphatic heterocycles. The molecule has 2 N–H and O–H groups in total. The molecule has 0 aromatic rings. The number of amides is 3. The average molecular weight is 172 g/mol. The number of carboxylic acids is 1. The highest BCUT2D eigenvalue weighted by atomic mass is 16.4. The maximum atomic E-state index is 11.0. The van der Waals surface area contributed by atoms with Crippen molar-refractivity contribution in [2.45, 2.75) is 13.0 Å². The zero-order valence-corrected chi connectivity index (χ0v) is 6.40. The van der Waals surface area contributed by atoms with Gasteiger partial charge in [0.05, 0.1) is 0 Å². The molecular weight excluding hydrogens is 164 g/mol. The van der Waals surface area contributed by atoms with Crippen LogP contribution in [0, 0.1) is 0 Å². The first-order valence-electron chi connectivity index (χ1n) is 3.36. The molecule has 1 heterocycles. The zero-order chi connectivity index (χ0) is 9.30. The maximum Gasteiger partial charge on any atom is 0.325 e. The minimum Gasteiger partial charge on any atom is -0.480 e. The standard InChI is InChI=1S/C6H8N2O4/c1-3-5(11)8(2-4(9)10)6(12)7-3/h3H,2H2,1H3,(H,7,12)(H,9,10). The summed E-state index contributed by atoms with van der Waals surface area (Å²) in [5, 5.41) is 10.6. The Morgan fingerprint density at radius 1 is 1.67 bits per heavy atom. The van der Waals surface area contributed by atoms with Crippen molar-refractivity contribution in [3.63, 3.8) is 0 Å². The van der Waals surface area contributed by atoms with Crippen molar-refractivity contribution in [3.05, 3.63) is 0 Å². The predicted molar refractivity (Wildman–Crippen MR) is 37.3 cm³/mol. The fourth-order valence-electron chi connectivity index (χ4n) is 0.944. The van der Waals surface area contributed by atoms with Crippen LogP contribution >= 0.6 is 0 Å². The van der Waals surface area contributed by atoms with E-state index in [9.17, 15) is 14.4 Å². The Hall–Kier alpha value is -1.59. The zero-order valence-electron chi connectivity index (χ0n) is 6.40. The molecule has 0 aliphatic carbocycles. The van der Waals surface area contributed by atoms with Crippen LogP contribution in [-0.4, -0.2) is 40.5 Å². The number of urea groups is 1. The quantitative estimate of drug-likeness (QED) is 0.523. The monoisotopic (exact) mass is 172 g/mol. The van der Waals surface area contributed by atoms with Crippen LogP contribution in [0.1, 0.15) is 6.92 Å². The van der Waals surface area contributed by atoms with Gasteiger partial charge in [0.1, 0.15) is 12.6 Å². The highest BCUT2D eigenvalue weighted by Crippen LogP contribution is 2.04. The van der Waals surface area contributed by atoms with Crippen LogP contribution in [0.3, 0.4) is 0 Å². The van der Waals surface area contributed by atoms with Gasteiger partial charge in [0.15, 0.2) is 0 Å². The van der Waals surface area contributed by atoms with Gasteiger partial charge < -0.3 is 10.4 Å². The molecule has 6 heteroatoms. The molecule has 6 nitrogen and oxygen atoms in total. The van der Waals surface area contributed by atoms with Gasteiger partial charge in [-0.3, -0.25) is 14.5 Å². The highest BCUT2D eigenvalue weighted by Gasteiger charge is 2.35. The smallest absolute Gasteiger partial charge is 0.325 e. The maximum absolute atomic E-state index is 11.0. The van der Waals surface area contributed by atoms with Crippen LogP contribution in [0.25, 0.3) is 0 Å². The Labute approximate surface area is 68.1 Å². The lowest BCUT2D eigenvalue weighted by molar-refractivity contribution is -0.141. The summed E-state index contributed by atoms with van der Waals surface area (Å²) < 4.78 is 0. The molecule has 66 valence electrons. The summed E-state index contributed by atoms with van der Waals surface area (Å²) in [6.45, 7) is 0.928. The second-order valence-corrected chi connectivity index (χ2v) is 2.49. The molecule has 1 rings (SSSR count). The molecule has 12 heavy (non-hydrogen) atoms. The molecule has 0 saturated carbocycles. The van der Waals surface area contributed by atoms with Gasteiger partial charge in [-0.05, 0) is 6.92 Å². The van der Waals surface area contributed by atoms with Gasteiger partial charge in [-0.2, -0.15) is 0 Å². The minimum atomic E-state index is -1.20. The summed E-state index contributed by atoms with van der Waals surface area (Å²) >= 11 is 0. The normalized spacial score (nSPS) is 22.8. The van der Waals surface area contributed by atoms with Crippen LogP contribution in [-0.2, 0) is 9.59 Å². The third-order valence-corrected chi connectivity index (χ3v) is 1.51. The minimum absolute atomic E-state index is 0.498. The molecule has 0 aromatic carbocycles. The number of hydrogen-bond acceptors (Lipinski definition) is 3. The van der Waals surface area contributed by atoms with Crippen LogP contribution in [0.2, 0.25) is 0 Å². The van der Waals surface area contributed by atoms with Gasteiger partial charge in [0, 0.05) is 0 Å². The van der Waals surface area contributed by atoms with Gasteiger partial charge in [0.2, 0.25) is 0 Å². The molecule has 0 bridgehead atoms. The van der Waals surface area contributed by atoms with Crippen molar-refractivity contribution in [2.75, 3.05) is 6.54 Å². The van der Waals surface area contributed by atoms with E-state index in [0.29, 0.717) is 4.90 Å². The van der Waals surface area contributed by atoms with E-state index in [4.69, 9.17) is 5.11 Å². The number of aliphatic carboxylic acids is 1. The van der Waals surface area contributed by atoms with E-state index in [-0.39, 0.29) is 0 Å². The van der Waals surface area contributed by atoms with Gasteiger partial charge in [-0.25, -0.2) is 4.79 Å². The van der Waals surface area contributed by atoms with Crippen molar-refractivity contribution in [3.8, 4) is 0 Å². The third kappa shape index (κ3) is 1.36. The number of hydrogen-bond donors (Lipinski definition) is 2. The Balaban J connectivity index is 2.70. The van der Waals surface area contributed by atoms with Gasteiger partial charge in [-0.15, -0.1) is 0 Å². The Kier molecular flexibility index (Phi) is 1.99. The predicted octanol–water partition coefficient (Wildman–Crippen LogP) is -0.989. The number of imide groups is 1. The molecule has 1 fully saturated rings. The number of nitrogens with one attached hydrogen (secondary N) is 1. The van der Waals surface area contributed by atoms with Gasteiger partial charge in [0.25, 0.3) is 5.91 Å². The number of carbonyl (C=O) groups excluding carboxylic acids is 2. The lowest BCUT2D eigenvalue weighted by Crippen LogP contribution is -2.35. The first kappa shape index (κ1) is 8.51. The second-order valence-electron chi connectivity index (χ2n) is 2.49. The number of rotatable bonds is 2. The molecule has 0 radical (unpaired) electrons. The first-order valence-corrected chi connectivity index (χ1v) is 3.36. The number of carbonyl (C=O) groups is 3. The van der Waals surface area contributed by atoms with Crippen molar-refractivity contribution in [1.82, 2.24) is 10.2 Å². The molecular formula is C6H8N2O4. The van der Waals surface area contributed by atoms with Gasteiger partial charge >= 0.3 is 12.0 Å². The summed E-state index contributed by atoms with van der Waals surface area (Å²) in [6.07, 6.45) is 0. The summed E-state index contributed by atoms with van der Waals surface area (Å²) in [5.41, 5.74) is 0. The lowest BCUT2D eigenvalue weighted by atomic mass is 10.3. The Morgan fingerprint density at radius 2 is 2.25 bits per heavy atom. The number of nitrogens with zero attached hydrogens (tertiary/aromatic N) is 1. The third-order valence-electron chi connectivity index (χ3n) is 1.51. The van der Waals surface area contributed by atoms with E-state index in [2.05, 4.69) is 5.32 Å². The highest BCUT2D eigenvalue weighted by molar-refractivity contribution is 6.05. The fourth-order valence-corrected chi connectivity index (χ4v) is 0.944. The summed E-state index contributed by atoms with van der Waals surface area (Å²) in [4.78, 5) is 32.7. The second kappa shape index (κ2) is 2.80. The van der Waals surface area contributed by atoms with Crippen LogP contribution in [0.5, 0.6) is 0 Å². The topological polar surface area (TPSA) is 86.7 Å². The first-order chi connectivity index (χ1) is 5.52. The average Bonchev–Trinajstić information content (AvgIpc) is 2.16. The Morgan fingerprint density at radius 3 is 2.58 bits per heavy atom. The van der Waals surface area contributed by atoms with Crippen molar-refractivity contribution < 1.29 is 19.5 Å². The molecule has 1 atom stereocenters. The molecule has 0 spiro atoms. The molecule has 0 aromatic heterocycles. The van der Waals surface area contributed by atoms with Crippen molar-refractivity contribution >= 4 is 17.9 Å². The number of carboxylic acid groups (broad SMARTS) is 1.